The maximum absolute atomic E-state index is 3.63. The van der Waals surface area contributed by atoms with E-state index in [4.69, 9.17) is 0 Å². The monoisotopic (exact) mass is 490 g/mol. The van der Waals surface area contributed by atoms with Crippen molar-refractivity contribution in [1.82, 2.24) is 0 Å². The first-order valence-electron chi connectivity index (χ1n) is 5.87. The number of hydrogen-bond acceptors (Lipinski definition) is 2. The predicted octanol–water partition coefficient (Wildman–Crippen LogP) is 7.47. The molecule has 0 spiro atoms. The van der Waals surface area contributed by atoms with Gasteiger partial charge in [0.15, 0.2) is 0 Å². The van der Waals surface area contributed by atoms with Gasteiger partial charge in [0.2, 0.25) is 0 Å². The van der Waals surface area contributed by atoms with E-state index in [1.807, 2.05) is 23.1 Å². The molecule has 20 heavy (non-hydrogen) atoms. The van der Waals surface area contributed by atoms with Crippen LogP contribution in [0, 0.1) is 0 Å². The standard InChI is InChI=1S/C15H9Br3S2/c16-8-13-12-7-10(18)3-6-14(12)20-15(13)19-11-4-1-9(17)2-5-11/h1-7H,8H2. The molecule has 2 aromatic carbocycles. The summed E-state index contributed by atoms with van der Waals surface area (Å²) in [5, 5.41) is 2.21. The Bertz CT molecular complexity index is 748. The SMILES string of the molecule is BrCc1c(Sc2ccc(Br)cc2)sc2ccc(Br)cc12. The summed E-state index contributed by atoms with van der Waals surface area (Å²) in [5.74, 6) is 0. The minimum Gasteiger partial charge on any atom is -0.128 e. The van der Waals surface area contributed by atoms with Crippen molar-refractivity contribution in [2.24, 2.45) is 0 Å². The van der Waals surface area contributed by atoms with Crippen molar-refractivity contribution in [2.45, 2.75) is 14.4 Å². The van der Waals surface area contributed by atoms with Crippen LogP contribution in [0.15, 0.2) is 60.5 Å². The van der Waals surface area contributed by atoms with Gasteiger partial charge >= 0.3 is 0 Å². The van der Waals surface area contributed by atoms with E-state index in [-0.39, 0.29) is 0 Å². The Hall–Kier alpha value is 0.190. The number of rotatable bonds is 3. The normalized spacial score (nSPS) is 11.2. The summed E-state index contributed by atoms with van der Waals surface area (Å²) in [4.78, 5) is 1.26. The zero-order valence-corrected chi connectivity index (χ0v) is 16.6. The van der Waals surface area contributed by atoms with E-state index < -0.39 is 0 Å². The van der Waals surface area contributed by atoms with Crippen LogP contribution in [0.25, 0.3) is 10.1 Å². The van der Waals surface area contributed by atoms with Crippen LogP contribution in [-0.4, -0.2) is 0 Å². The van der Waals surface area contributed by atoms with Gasteiger partial charge in [0.05, 0.1) is 4.21 Å². The highest BCUT2D eigenvalue weighted by molar-refractivity contribution is 9.10. The van der Waals surface area contributed by atoms with Crippen molar-refractivity contribution in [1.29, 1.82) is 0 Å². The van der Waals surface area contributed by atoms with E-state index in [2.05, 4.69) is 90.3 Å². The lowest BCUT2D eigenvalue weighted by atomic mass is 10.2. The van der Waals surface area contributed by atoms with Crippen molar-refractivity contribution in [2.75, 3.05) is 0 Å². The zero-order valence-electron chi connectivity index (χ0n) is 10.2. The van der Waals surface area contributed by atoms with Crippen LogP contribution < -0.4 is 0 Å². The van der Waals surface area contributed by atoms with Gasteiger partial charge in [-0.15, -0.1) is 11.3 Å². The van der Waals surface area contributed by atoms with Crippen molar-refractivity contribution in [3.05, 3.63) is 57.0 Å². The van der Waals surface area contributed by atoms with E-state index in [9.17, 15) is 0 Å². The first-order valence-corrected chi connectivity index (χ1v) is 10.2. The Labute approximate surface area is 151 Å². The van der Waals surface area contributed by atoms with Gasteiger partial charge < -0.3 is 0 Å². The van der Waals surface area contributed by atoms with Crippen LogP contribution >= 0.6 is 70.9 Å². The molecule has 0 N–H and O–H groups in total. The van der Waals surface area contributed by atoms with E-state index in [1.165, 1.54) is 24.8 Å². The molecule has 0 bridgehead atoms. The molecule has 5 heteroatoms. The molecule has 0 amide bonds. The predicted molar refractivity (Wildman–Crippen MR) is 100 cm³/mol. The molecular formula is C15H9Br3S2. The fourth-order valence-corrected chi connectivity index (χ4v) is 5.95. The third-order valence-electron chi connectivity index (χ3n) is 2.87. The number of thiophene rings is 1. The molecule has 0 unspecified atom stereocenters. The summed E-state index contributed by atoms with van der Waals surface area (Å²) in [7, 11) is 0. The fraction of sp³-hybridized carbons (Fsp3) is 0.0667. The van der Waals surface area contributed by atoms with Gasteiger partial charge in [0.1, 0.15) is 0 Å². The molecule has 3 aromatic rings. The van der Waals surface area contributed by atoms with Crippen LogP contribution in [0.5, 0.6) is 0 Å². The van der Waals surface area contributed by atoms with Crippen molar-refractivity contribution in [3.63, 3.8) is 0 Å². The minimum absolute atomic E-state index is 0.877. The summed E-state index contributed by atoms with van der Waals surface area (Å²) in [6, 6.07) is 14.9. The van der Waals surface area contributed by atoms with E-state index in [0.717, 1.165) is 14.3 Å². The van der Waals surface area contributed by atoms with E-state index in [0.29, 0.717) is 0 Å². The molecule has 0 saturated carbocycles. The third kappa shape index (κ3) is 3.17. The fourth-order valence-electron chi connectivity index (χ4n) is 1.92. The maximum atomic E-state index is 3.63. The number of halogens is 3. The number of fused-ring (bicyclic) bond motifs is 1. The largest absolute Gasteiger partial charge is 0.128 e. The highest BCUT2D eigenvalue weighted by Crippen LogP contribution is 2.43. The third-order valence-corrected chi connectivity index (χ3v) is 6.90. The molecule has 0 radical (unpaired) electrons. The molecule has 3 rings (SSSR count). The Morgan fingerprint density at radius 3 is 2.35 bits per heavy atom. The lowest BCUT2D eigenvalue weighted by molar-refractivity contribution is 1.39. The number of alkyl halides is 1. The van der Waals surface area contributed by atoms with Gasteiger partial charge in [-0.2, -0.15) is 0 Å². The lowest BCUT2D eigenvalue weighted by Gasteiger charge is -2.02. The highest BCUT2D eigenvalue weighted by atomic mass is 79.9. The molecular weight excluding hydrogens is 484 g/mol. The average molecular weight is 493 g/mol. The smallest absolute Gasteiger partial charge is 0.0699 e. The second kappa shape index (κ2) is 6.53. The molecule has 0 fully saturated rings. The molecule has 1 aromatic heterocycles. The van der Waals surface area contributed by atoms with Crippen molar-refractivity contribution >= 4 is 81.0 Å². The van der Waals surface area contributed by atoms with Gasteiger partial charge in [0.25, 0.3) is 0 Å². The maximum Gasteiger partial charge on any atom is 0.0699 e. The topological polar surface area (TPSA) is 0 Å². The molecule has 1 heterocycles. The summed E-state index contributed by atoms with van der Waals surface area (Å²) in [5.41, 5.74) is 1.37. The molecule has 0 aliphatic heterocycles. The molecule has 0 atom stereocenters. The zero-order chi connectivity index (χ0) is 14.1. The van der Waals surface area contributed by atoms with Crippen LogP contribution in [0.4, 0.5) is 0 Å². The minimum atomic E-state index is 0.877. The molecule has 0 saturated heterocycles. The first-order chi connectivity index (χ1) is 9.67. The quantitative estimate of drug-likeness (QED) is 0.341. The van der Waals surface area contributed by atoms with Gasteiger partial charge in [-0.05, 0) is 53.4 Å². The van der Waals surface area contributed by atoms with E-state index in [1.54, 1.807) is 0 Å². The van der Waals surface area contributed by atoms with Crippen LogP contribution in [0.1, 0.15) is 5.56 Å². The molecule has 0 aliphatic rings. The summed E-state index contributed by atoms with van der Waals surface area (Å²) >= 11 is 14.3. The second-order valence-electron chi connectivity index (χ2n) is 4.20. The van der Waals surface area contributed by atoms with Gasteiger partial charge in [-0.3, -0.25) is 0 Å². The van der Waals surface area contributed by atoms with Crippen molar-refractivity contribution < 1.29 is 0 Å². The average Bonchev–Trinajstić information content (AvgIpc) is 2.78. The van der Waals surface area contributed by atoms with Crippen LogP contribution in [0.2, 0.25) is 0 Å². The summed E-state index contributed by atoms with van der Waals surface area (Å²) in [6.45, 7) is 0. The number of benzene rings is 2. The lowest BCUT2D eigenvalue weighted by Crippen LogP contribution is -1.78. The molecule has 0 aliphatic carbocycles. The van der Waals surface area contributed by atoms with Crippen LogP contribution in [-0.2, 0) is 5.33 Å². The van der Waals surface area contributed by atoms with E-state index >= 15 is 0 Å². The first kappa shape index (κ1) is 15.1. The number of hydrogen-bond donors (Lipinski definition) is 0. The Balaban J connectivity index is 2.04. The van der Waals surface area contributed by atoms with Crippen LogP contribution in [0.3, 0.4) is 0 Å². The molecule has 0 nitrogen and oxygen atoms in total. The summed E-state index contributed by atoms with van der Waals surface area (Å²) in [6.07, 6.45) is 0. The van der Waals surface area contributed by atoms with Gasteiger partial charge in [0, 0.05) is 23.9 Å². The Kier molecular flexibility index (Phi) is 4.93. The molecule has 102 valence electrons. The Morgan fingerprint density at radius 1 is 0.950 bits per heavy atom. The summed E-state index contributed by atoms with van der Waals surface area (Å²) < 4.78 is 4.94. The van der Waals surface area contributed by atoms with Crippen molar-refractivity contribution in [3.8, 4) is 0 Å². The second-order valence-corrected chi connectivity index (χ2v) is 8.98. The van der Waals surface area contributed by atoms with Gasteiger partial charge in [-0.1, -0.05) is 59.6 Å². The Morgan fingerprint density at radius 2 is 1.65 bits per heavy atom. The highest BCUT2D eigenvalue weighted by Gasteiger charge is 2.12. The van der Waals surface area contributed by atoms with Gasteiger partial charge in [-0.25, -0.2) is 0 Å².